The molecule has 0 unspecified atom stereocenters. The molecular formula is C13H16N2O. The van der Waals surface area contributed by atoms with Crippen LogP contribution in [0.5, 0.6) is 5.75 Å². The van der Waals surface area contributed by atoms with Gasteiger partial charge in [0.05, 0.1) is 18.3 Å². The van der Waals surface area contributed by atoms with Crippen molar-refractivity contribution in [2.75, 3.05) is 6.61 Å². The van der Waals surface area contributed by atoms with Crippen molar-refractivity contribution in [2.45, 2.75) is 32.6 Å². The van der Waals surface area contributed by atoms with Crippen LogP contribution in [-0.2, 0) is 11.8 Å². The number of hydrogen-bond donors (Lipinski definition) is 0. The number of ether oxygens (including phenoxy) is 1. The lowest BCUT2D eigenvalue weighted by Gasteiger charge is -2.17. The van der Waals surface area contributed by atoms with Gasteiger partial charge in [0.15, 0.2) is 0 Å². The molecule has 0 spiro atoms. The van der Waals surface area contributed by atoms with Gasteiger partial charge in [0, 0.05) is 23.7 Å². The summed E-state index contributed by atoms with van der Waals surface area (Å²) in [4.78, 5) is 0. The Morgan fingerprint density at radius 3 is 2.94 bits per heavy atom. The van der Waals surface area contributed by atoms with Crippen LogP contribution in [0.1, 0.15) is 31.9 Å². The zero-order valence-corrected chi connectivity index (χ0v) is 9.95. The second kappa shape index (κ2) is 3.00. The molecule has 0 N–H and O–H groups in total. The summed E-state index contributed by atoms with van der Waals surface area (Å²) in [6.07, 6.45) is 4.96. The molecule has 2 aromatic rings. The minimum absolute atomic E-state index is 0.124. The molecule has 3 heteroatoms. The Morgan fingerprint density at radius 2 is 2.19 bits per heavy atom. The molecule has 0 fully saturated rings. The van der Waals surface area contributed by atoms with Gasteiger partial charge in [-0.05, 0) is 11.5 Å². The Bertz CT molecular complexity index is 549. The Labute approximate surface area is 95.0 Å². The van der Waals surface area contributed by atoms with Crippen molar-refractivity contribution >= 4 is 5.52 Å². The molecule has 0 atom stereocenters. The van der Waals surface area contributed by atoms with Gasteiger partial charge in [-0.3, -0.25) is 0 Å². The van der Waals surface area contributed by atoms with Crippen LogP contribution in [0, 0.1) is 0 Å². The Kier molecular flexibility index (Phi) is 1.82. The van der Waals surface area contributed by atoms with Crippen LogP contribution in [0.4, 0.5) is 0 Å². The summed E-state index contributed by atoms with van der Waals surface area (Å²) in [7, 11) is 0. The van der Waals surface area contributed by atoms with E-state index in [-0.39, 0.29) is 5.41 Å². The molecule has 1 aliphatic rings. The second-order valence-corrected chi connectivity index (χ2v) is 5.36. The first-order chi connectivity index (χ1) is 7.57. The van der Waals surface area contributed by atoms with Crippen LogP contribution in [-0.4, -0.2) is 16.2 Å². The maximum Gasteiger partial charge on any atom is 0.126 e. The molecule has 1 aliphatic heterocycles. The molecule has 0 saturated heterocycles. The molecule has 0 bridgehead atoms. The van der Waals surface area contributed by atoms with Gasteiger partial charge in [0.2, 0.25) is 0 Å². The zero-order valence-electron chi connectivity index (χ0n) is 9.95. The summed E-state index contributed by atoms with van der Waals surface area (Å²) in [5.41, 5.74) is 3.97. The maximum atomic E-state index is 5.60. The number of rotatable bonds is 0. The molecular weight excluding hydrogens is 200 g/mol. The first kappa shape index (κ1) is 9.70. The van der Waals surface area contributed by atoms with Crippen molar-refractivity contribution in [1.29, 1.82) is 0 Å². The summed E-state index contributed by atoms with van der Waals surface area (Å²) in [6.45, 7) is 7.46. The largest absolute Gasteiger partial charge is 0.493 e. The van der Waals surface area contributed by atoms with E-state index in [2.05, 4.69) is 25.9 Å². The molecule has 84 valence electrons. The predicted molar refractivity (Wildman–Crippen MR) is 63.1 cm³/mol. The van der Waals surface area contributed by atoms with Gasteiger partial charge in [-0.1, -0.05) is 20.8 Å². The second-order valence-electron chi connectivity index (χ2n) is 5.36. The van der Waals surface area contributed by atoms with Crippen LogP contribution >= 0.6 is 0 Å². The number of hydrogen-bond acceptors (Lipinski definition) is 2. The zero-order chi connectivity index (χ0) is 11.3. The molecule has 0 radical (unpaired) electrons. The average molecular weight is 216 g/mol. The Hall–Kier alpha value is -1.51. The smallest absolute Gasteiger partial charge is 0.126 e. The van der Waals surface area contributed by atoms with Crippen molar-refractivity contribution < 1.29 is 4.74 Å². The lowest BCUT2D eigenvalue weighted by atomic mass is 9.87. The summed E-state index contributed by atoms with van der Waals surface area (Å²) in [5, 5.41) is 4.42. The maximum absolute atomic E-state index is 5.60. The Morgan fingerprint density at radius 1 is 1.38 bits per heavy atom. The third-order valence-corrected chi connectivity index (χ3v) is 3.16. The lowest BCUT2D eigenvalue weighted by molar-refractivity contribution is 0.356. The first-order valence-corrected chi connectivity index (χ1v) is 5.70. The van der Waals surface area contributed by atoms with E-state index in [4.69, 9.17) is 4.74 Å². The van der Waals surface area contributed by atoms with E-state index in [0.29, 0.717) is 0 Å². The highest BCUT2D eigenvalue weighted by atomic mass is 16.5. The van der Waals surface area contributed by atoms with Gasteiger partial charge in [-0.2, -0.15) is 5.10 Å². The molecule has 2 aromatic heterocycles. The van der Waals surface area contributed by atoms with Gasteiger partial charge >= 0.3 is 0 Å². The fourth-order valence-electron chi connectivity index (χ4n) is 2.32. The highest BCUT2D eigenvalue weighted by Gasteiger charge is 2.24. The van der Waals surface area contributed by atoms with Crippen LogP contribution in [0.3, 0.4) is 0 Å². The number of nitrogens with zero attached hydrogens (tertiary/aromatic N) is 2. The molecule has 0 aliphatic carbocycles. The molecule has 0 saturated carbocycles. The molecule has 16 heavy (non-hydrogen) atoms. The molecule has 3 heterocycles. The average Bonchev–Trinajstić information content (AvgIpc) is 2.81. The summed E-state index contributed by atoms with van der Waals surface area (Å²) in [6, 6.07) is 2.01. The summed E-state index contributed by atoms with van der Waals surface area (Å²) < 4.78 is 7.57. The monoisotopic (exact) mass is 216 g/mol. The van der Waals surface area contributed by atoms with E-state index in [1.807, 2.05) is 23.0 Å². The van der Waals surface area contributed by atoms with Gasteiger partial charge in [-0.15, -0.1) is 0 Å². The SMILES string of the molecule is CC(C)(C)c1cnn2ccc3c(c12)CCO3. The van der Waals surface area contributed by atoms with Crippen molar-refractivity contribution in [3.05, 3.63) is 29.6 Å². The lowest BCUT2D eigenvalue weighted by Crippen LogP contribution is -2.11. The van der Waals surface area contributed by atoms with E-state index in [9.17, 15) is 0 Å². The van der Waals surface area contributed by atoms with Gasteiger partial charge in [0.25, 0.3) is 0 Å². The standard InChI is InChI=1S/C13H16N2O/c1-13(2,3)10-8-14-15-6-4-11-9(12(10)15)5-7-16-11/h4,6,8H,5,7H2,1-3H3. The van der Waals surface area contributed by atoms with Crippen molar-refractivity contribution in [3.8, 4) is 5.75 Å². The molecule has 0 amide bonds. The molecule has 3 nitrogen and oxygen atoms in total. The van der Waals surface area contributed by atoms with Crippen molar-refractivity contribution in [2.24, 2.45) is 0 Å². The summed E-state index contributed by atoms with van der Waals surface area (Å²) >= 11 is 0. The highest BCUT2D eigenvalue weighted by Crippen LogP contribution is 2.35. The number of fused-ring (bicyclic) bond motifs is 3. The third-order valence-electron chi connectivity index (χ3n) is 3.16. The highest BCUT2D eigenvalue weighted by molar-refractivity contribution is 5.67. The van der Waals surface area contributed by atoms with Crippen molar-refractivity contribution in [3.63, 3.8) is 0 Å². The van der Waals surface area contributed by atoms with Crippen LogP contribution in [0.2, 0.25) is 0 Å². The minimum Gasteiger partial charge on any atom is -0.493 e. The molecule has 0 aromatic carbocycles. The van der Waals surface area contributed by atoms with E-state index in [0.717, 1.165) is 18.8 Å². The van der Waals surface area contributed by atoms with E-state index < -0.39 is 0 Å². The Balaban J connectivity index is 2.36. The van der Waals surface area contributed by atoms with E-state index in [1.54, 1.807) is 0 Å². The van der Waals surface area contributed by atoms with Gasteiger partial charge in [0.1, 0.15) is 5.75 Å². The van der Waals surface area contributed by atoms with Crippen LogP contribution in [0.15, 0.2) is 18.5 Å². The van der Waals surface area contributed by atoms with E-state index in [1.165, 1.54) is 16.6 Å². The number of pyridine rings is 1. The van der Waals surface area contributed by atoms with Gasteiger partial charge in [-0.25, -0.2) is 4.52 Å². The fraction of sp³-hybridized carbons (Fsp3) is 0.462. The molecule has 3 rings (SSSR count). The van der Waals surface area contributed by atoms with Crippen LogP contribution < -0.4 is 4.74 Å². The topological polar surface area (TPSA) is 26.5 Å². The van der Waals surface area contributed by atoms with Gasteiger partial charge < -0.3 is 4.74 Å². The normalized spacial score (nSPS) is 15.2. The quantitative estimate of drug-likeness (QED) is 0.676. The fourth-order valence-corrected chi connectivity index (χ4v) is 2.32. The van der Waals surface area contributed by atoms with E-state index >= 15 is 0 Å². The first-order valence-electron chi connectivity index (χ1n) is 5.70. The van der Waals surface area contributed by atoms with Crippen molar-refractivity contribution in [1.82, 2.24) is 9.61 Å². The summed E-state index contributed by atoms with van der Waals surface area (Å²) in [5.74, 6) is 1.03. The predicted octanol–water partition coefficient (Wildman–Crippen LogP) is 2.57. The van der Waals surface area contributed by atoms with Crippen LogP contribution in [0.25, 0.3) is 5.52 Å². The minimum atomic E-state index is 0.124. The number of aromatic nitrogens is 2. The third kappa shape index (κ3) is 1.24.